The van der Waals surface area contributed by atoms with Crippen molar-refractivity contribution in [1.82, 2.24) is 15.5 Å². The van der Waals surface area contributed by atoms with Gasteiger partial charge in [0.1, 0.15) is 6.54 Å². The average molecular weight is 309 g/mol. The first kappa shape index (κ1) is 17.7. The highest BCUT2D eigenvalue weighted by molar-refractivity contribution is 5.88. The monoisotopic (exact) mass is 309 g/mol. The Labute approximate surface area is 122 Å². The molecule has 1 heterocycles. The number of nitrogens with zero attached hydrogens (tertiary/aromatic N) is 1. The first-order chi connectivity index (χ1) is 9.70. The highest BCUT2D eigenvalue weighted by Gasteiger charge is 2.40. The van der Waals surface area contributed by atoms with Crippen molar-refractivity contribution in [2.45, 2.75) is 32.4 Å². The van der Waals surface area contributed by atoms with E-state index in [2.05, 4.69) is 5.32 Å². The quantitative estimate of drug-likeness (QED) is 0.793. The summed E-state index contributed by atoms with van der Waals surface area (Å²) in [5.74, 6) is -1.00. The molecule has 122 valence electrons. The third kappa shape index (κ3) is 5.18. The number of amides is 2. The van der Waals surface area contributed by atoms with Gasteiger partial charge in [-0.15, -0.1) is 0 Å². The van der Waals surface area contributed by atoms with Crippen molar-refractivity contribution in [3.05, 3.63) is 0 Å². The number of alkyl halides is 3. The van der Waals surface area contributed by atoms with Crippen LogP contribution in [-0.2, 0) is 9.59 Å². The maximum absolute atomic E-state index is 12.5. The van der Waals surface area contributed by atoms with Gasteiger partial charge in [0, 0.05) is 13.6 Å². The highest BCUT2D eigenvalue weighted by atomic mass is 19.4. The summed E-state index contributed by atoms with van der Waals surface area (Å²) in [5.41, 5.74) is -0.558. The molecule has 1 fully saturated rings. The van der Waals surface area contributed by atoms with Crippen LogP contribution in [0.25, 0.3) is 0 Å². The van der Waals surface area contributed by atoms with Crippen molar-refractivity contribution in [3.63, 3.8) is 0 Å². The number of hydrogen-bond acceptors (Lipinski definition) is 3. The van der Waals surface area contributed by atoms with Gasteiger partial charge in [0.2, 0.25) is 11.8 Å². The van der Waals surface area contributed by atoms with E-state index in [0.717, 1.165) is 19.4 Å². The molecular weight excluding hydrogens is 287 g/mol. The molecule has 0 aromatic heterocycles. The van der Waals surface area contributed by atoms with Gasteiger partial charge >= 0.3 is 6.18 Å². The third-order valence-electron chi connectivity index (χ3n) is 3.82. The van der Waals surface area contributed by atoms with Crippen LogP contribution >= 0.6 is 0 Å². The minimum absolute atomic E-state index is 0.195. The maximum atomic E-state index is 12.5. The van der Waals surface area contributed by atoms with Gasteiger partial charge in [0.15, 0.2) is 0 Å². The third-order valence-corrected chi connectivity index (χ3v) is 3.82. The van der Waals surface area contributed by atoms with E-state index < -0.39 is 24.0 Å². The summed E-state index contributed by atoms with van der Waals surface area (Å²) in [5, 5.41) is 4.93. The SMILES string of the molecule is CCC1(C(=O)N(C)CC(=O)NCC(F)(F)F)CCCNC1. The predicted molar refractivity (Wildman–Crippen MR) is 71.5 cm³/mol. The minimum Gasteiger partial charge on any atom is -0.345 e. The summed E-state index contributed by atoms with van der Waals surface area (Å²) in [6.07, 6.45) is -2.22. The Balaban J connectivity index is 2.55. The summed E-state index contributed by atoms with van der Waals surface area (Å²) in [7, 11) is 1.45. The molecule has 0 bridgehead atoms. The Hall–Kier alpha value is -1.31. The van der Waals surface area contributed by atoms with Crippen LogP contribution in [0.5, 0.6) is 0 Å². The van der Waals surface area contributed by atoms with E-state index in [1.54, 1.807) is 5.32 Å². The smallest absolute Gasteiger partial charge is 0.345 e. The molecule has 0 saturated carbocycles. The molecule has 2 N–H and O–H groups in total. The number of halogens is 3. The second-order valence-electron chi connectivity index (χ2n) is 5.47. The number of hydrogen-bond donors (Lipinski definition) is 2. The maximum Gasteiger partial charge on any atom is 0.405 e. The Morgan fingerprint density at radius 3 is 2.52 bits per heavy atom. The van der Waals surface area contributed by atoms with E-state index in [0.29, 0.717) is 13.0 Å². The van der Waals surface area contributed by atoms with Crippen molar-refractivity contribution in [2.24, 2.45) is 5.41 Å². The lowest BCUT2D eigenvalue weighted by Crippen LogP contribution is -2.52. The zero-order chi connectivity index (χ0) is 16.1. The first-order valence-electron chi connectivity index (χ1n) is 7.00. The first-order valence-corrected chi connectivity index (χ1v) is 7.00. The molecule has 0 radical (unpaired) electrons. The lowest BCUT2D eigenvalue weighted by atomic mass is 9.77. The van der Waals surface area contributed by atoms with Crippen LogP contribution in [0.15, 0.2) is 0 Å². The Morgan fingerprint density at radius 1 is 1.38 bits per heavy atom. The lowest BCUT2D eigenvalue weighted by Gasteiger charge is -2.38. The molecule has 5 nitrogen and oxygen atoms in total. The topological polar surface area (TPSA) is 61.4 Å². The van der Waals surface area contributed by atoms with Crippen LogP contribution in [0.2, 0.25) is 0 Å². The van der Waals surface area contributed by atoms with Crippen LogP contribution < -0.4 is 10.6 Å². The summed E-state index contributed by atoms with van der Waals surface area (Å²) >= 11 is 0. The lowest BCUT2D eigenvalue weighted by molar-refractivity contribution is -0.147. The van der Waals surface area contributed by atoms with E-state index in [-0.39, 0.29) is 12.5 Å². The van der Waals surface area contributed by atoms with Crippen molar-refractivity contribution in [3.8, 4) is 0 Å². The number of carbonyl (C=O) groups excluding carboxylic acids is 2. The molecule has 1 aliphatic heterocycles. The van der Waals surface area contributed by atoms with E-state index in [1.165, 1.54) is 11.9 Å². The molecule has 1 aliphatic rings. The van der Waals surface area contributed by atoms with Crippen molar-refractivity contribution < 1.29 is 22.8 Å². The van der Waals surface area contributed by atoms with Gasteiger partial charge < -0.3 is 15.5 Å². The fraction of sp³-hybridized carbons (Fsp3) is 0.846. The normalized spacial score (nSPS) is 22.7. The number of rotatable bonds is 5. The summed E-state index contributed by atoms with van der Waals surface area (Å²) < 4.78 is 36.0. The van der Waals surface area contributed by atoms with Crippen LogP contribution in [-0.4, -0.2) is 56.1 Å². The highest BCUT2D eigenvalue weighted by Crippen LogP contribution is 2.31. The van der Waals surface area contributed by atoms with Crippen molar-refractivity contribution in [2.75, 3.05) is 33.2 Å². The number of carbonyl (C=O) groups is 2. The zero-order valence-corrected chi connectivity index (χ0v) is 12.3. The second kappa shape index (κ2) is 7.11. The van der Waals surface area contributed by atoms with E-state index in [4.69, 9.17) is 0 Å². The van der Waals surface area contributed by atoms with Crippen LogP contribution in [0, 0.1) is 5.41 Å². The molecule has 0 aliphatic carbocycles. The second-order valence-corrected chi connectivity index (χ2v) is 5.47. The molecule has 1 atom stereocenters. The van der Waals surface area contributed by atoms with Gasteiger partial charge in [0.25, 0.3) is 0 Å². The molecule has 8 heteroatoms. The molecule has 0 spiro atoms. The largest absolute Gasteiger partial charge is 0.405 e. The van der Waals surface area contributed by atoms with Crippen LogP contribution in [0.4, 0.5) is 13.2 Å². The Kier molecular flexibility index (Phi) is 6.00. The minimum atomic E-state index is -4.45. The number of piperidine rings is 1. The van der Waals surface area contributed by atoms with Crippen molar-refractivity contribution >= 4 is 11.8 Å². The molecule has 21 heavy (non-hydrogen) atoms. The average Bonchev–Trinajstić information content (AvgIpc) is 2.44. The molecule has 0 aromatic carbocycles. The summed E-state index contributed by atoms with van der Waals surface area (Å²) in [4.78, 5) is 25.1. The van der Waals surface area contributed by atoms with Crippen LogP contribution in [0.3, 0.4) is 0 Å². The fourth-order valence-electron chi connectivity index (χ4n) is 2.55. The summed E-state index contributed by atoms with van der Waals surface area (Å²) in [6, 6.07) is 0. The van der Waals surface area contributed by atoms with Gasteiger partial charge in [0.05, 0.1) is 12.0 Å². The predicted octanol–water partition coefficient (Wildman–Crippen LogP) is 0.903. The fourth-order valence-corrected chi connectivity index (χ4v) is 2.55. The van der Waals surface area contributed by atoms with Gasteiger partial charge in [-0.3, -0.25) is 9.59 Å². The van der Waals surface area contributed by atoms with Gasteiger partial charge in [-0.2, -0.15) is 13.2 Å². The molecule has 1 saturated heterocycles. The molecule has 2 amide bonds. The molecule has 1 rings (SSSR count). The van der Waals surface area contributed by atoms with Crippen molar-refractivity contribution in [1.29, 1.82) is 0 Å². The Morgan fingerprint density at radius 2 is 2.05 bits per heavy atom. The van der Waals surface area contributed by atoms with Gasteiger partial charge in [-0.05, 0) is 25.8 Å². The molecular formula is C13H22F3N3O2. The molecule has 1 unspecified atom stereocenters. The van der Waals surface area contributed by atoms with Gasteiger partial charge in [-0.1, -0.05) is 6.92 Å². The summed E-state index contributed by atoms with van der Waals surface area (Å²) in [6.45, 7) is 1.55. The standard InChI is InChI=1S/C13H22F3N3O2/c1-3-12(5-4-6-17-8-12)11(21)19(2)7-10(20)18-9-13(14,15)16/h17H,3-9H2,1-2H3,(H,18,20). The zero-order valence-electron chi connectivity index (χ0n) is 12.3. The van der Waals surface area contributed by atoms with Crippen LogP contribution in [0.1, 0.15) is 26.2 Å². The number of likely N-dealkylation sites (N-methyl/N-ethyl adjacent to an activating group) is 1. The van der Waals surface area contributed by atoms with E-state index >= 15 is 0 Å². The van der Waals surface area contributed by atoms with E-state index in [9.17, 15) is 22.8 Å². The number of nitrogens with one attached hydrogen (secondary N) is 2. The van der Waals surface area contributed by atoms with E-state index in [1.807, 2.05) is 6.92 Å². The Bertz CT molecular complexity index is 379. The molecule has 0 aromatic rings. The van der Waals surface area contributed by atoms with Gasteiger partial charge in [-0.25, -0.2) is 0 Å².